The number of nitrogens with zero attached hydrogens (tertiary/aromatic N) is 4. The molecule has 0 bridgehead atoms. The molecule has 0 aliphatic carbocycles. The van der Waals surface area contributed by atoms with Crippen LogP contribution in [0.1, 0.15) is 12.5 Å². The van der Waals surface area contributed by atoms with Crippen molar-refractivity contribution in [2.75, 3.05) is 13.7 Å². The number of aromatic nitrogens is 4. The third-order valence-corrected chi connectivity index (χ3v) is 5.07. The summed E-state index contributed by atoms with van der Waals surface area (Å²) in [5, 5.41) is 14.7. The zero-order chi connectivity index (χ0) is 19.9. The predicted octanol–water partition coefficient (Wildman–Crippen LogP) is 2.65. The molecule has 1 atom stereocenters. The second kappa shape index (κ2) is 9.32. The summed E-state index contributed by atoms with van der Waals surface area (Å²) in [5.41, 5.74) is 1.74. The van der Waals surface area contributed by atoms with E-state index in [4.69, 9.17) is 4.74 Å². The Balaban J connectivity index is 1.55. The smallest absolute Gasteiger partial charge is 0.233 e. The highest BCUT2D eigenvalue weighted by Gasteiger charge is 2.19. The average Bonchev–Trinajstić information content (AvgIpc) is 3.17. The van der Waals surface area contributed by atoms with Crippen LogP contribution < -0.4 is 10.1 Å². The van der Waals surface area contributed by atoms with Crippen LogP contribution >= 0.6 is 11.8 Å². The van der Waals surface area contributed by atoms with Crippen LogP contribution in [0.4, 0.5) is 4.39 Å². The maximum atomic E-state index is 12.9. The molecule has 0 saturated carbocycles. The number of thioether (sulfide) groups is 1. The first-order valence-corrected chi connectivity index (χ1v) is 9.56. The zero-order valence-corrected chi connectivity index (χ0v) is 16.3. The van der Waals surface area contributed by atoms with E-state index in [0.29, 0.717) is 18.1 Å². The van der Waals surface area contributed by atoms with E-state index in [9.17, 15) is 9.18 Å². The van der Waals surface area contributed by atoms with Gasteiger partial charge in [-0.1, -0.05) is 23.9 Å². The second-order valence-corrected chi connectivity index (χ2v) is 7.31. The van der Waals surface area contributed by atoms with Gasteiger partial charge in [-0.05, 0) is 65.7 Å². The molecule has 1 amide bonds. The number of tetrazole rings is 1. The summed E-state index contributed by atoms with van der Waals surface area (Å²) >= 11 is 1.27. The molecule has 0 aliphatic heterocycles. The van der Waals surface area contributed by atoms with E-state index in [1.807, 2.05) is 24.3 Å². The van der Waals surface area contributed by atoms with Crippen LogP contribution in [0.15, 0.2) is 53.7 Å². The monoisotopic (exact) mass is 401 g/mol. The fourth-order valence-electron chi connectivity index (χ4n) is 2.47. The molecular formula is C19H20FN5O2S. The van der Waals surface area contributed by atoms with Gasteiger partial charge in [-0.2, -0.15) is 4.68 Å². The summed E-state index contributed by atoms with van der Waals surface area (Å²) in [6, 6.07) is 13.6. The number of halogens is 1. The van der Waals surface area contributed by atoms with E-state index in [0.717, 1.165) is 17.0 Å². The Kier molecular flexibility index (Phi) is 6.59. The van der Waals surface area contributed by atoms with Crippen LogP contribution in [-0.4, -0.2) is 45.0 Å². The number of hydrogen-bond acceptors (Lipinski definition) is 6. The van der Waals surface area contributed by atoms with E-state index in [-0.39, 0.29) is 17.0 Å². The molecule has 2 aromatic carbocycles. The van der Waals surface area contributed by atoms with E-state index < -0.39 is 0 Å². The van der Waals surface area contributed by atoms with Gasteiger partial charge < -0.3 is 10.1 Å². The minimum atomic E-state index is -0.379. The number of carbonyl (C=O) groups excluding carboxylic acids is 1. The van der Waals surface area contributed by atoms with Crippen molar-refractivity contribution in [1.29, 1.82) is 0 Å². The van der Waals surface area contributed by atoms with Crippen LogP contribution in [0.5, 0.6) is 5.75 Å². The predicted molar refractivity (Wildman–Crippen MR) is 104 cm³/mol. The minimum Gasteiger partial charge on any atom is -0.497 e. The van der Waals surface area contributed by atoms with Crippen molar-refractivity contribution in [2.24, 2.45) is 0 Å². The summed E-state index contributed by atoms with van der Waals surface area (Å²) in [5.74, 6) is 0.351. The molecule has 0 spiro atoms. The Labute approximate surface area is 166 Å². The highest BCUT2D eigenvalue weighted by Crippen LogP contribution is 2.24. The van der Waals surface area contributed by atoms with Crippen molar-refractivity contribution < 1.29 is 13.9 Å². The minimum absolute atomic E-state index is 0.114. The molecule has 0 unspecified atom stereocenters. The third-order valence-electron chi connectivity index (χ3n) is 4.04. The number of ether oxygens (including phenoxy) is 1. The Hall–Kier alpha value is -2.94. The van der Waals surface area contributed by atoms with E-state index in [1.54, 1.807) is 30.8 Å². The highest BCUT2D eigenvalue weighted by atomic mass is 32.2. The quantitative estimate of drug-likeness (QED) is 0.585. The maximum absolute atomic E-state index is 12.9. The van der Waals surface area contributed by atoms with Crippen molar-refractivity contribution in [2.45, 2.75) is 23.8 Å². The van der Waals surface area contributed by atoms with Crippen LogP contribution in [0.2, 0.25) is 0 Å². The maximum Gasteiger partial charge on any atom is 0.233 e. The Morgan fingerprint density at radius 3 is 2.61 bits per heavy atom. The van der Waals surface area contributed by atoms with Crippen molar-refractivity contribution >= 4 is 17.7 Å². The summed E-state index contributed by atoms with van der Waals surface area (Å²) < 4.78 is 19.6. The topological polar surface area (TPSA) is 81.9 Å². The lowest BCUT2D eigenvalue weighted by atomic mass is 10.1. The van der Waals surface area contributed by atoms with Crippen molar-refractivity contribution in [3.05, 3.63) is 59.9 Å². The number of carbonyl (C=O) groups is 1. The van der Waals surface area contributed by atoms with E-state index in [1.165, 1.54) is 23.9 Å². The molecule has 3 rings (SSSR count). The van der Waals surface area contributed by atoms with Crippen molar-refractivity contribution in [3.8, 4) is 11.4 Å². The van der Waals surface area contributed by atoms with Crippen molar-refractivity contribution in [3.63, 3.8) is 0 Å². The molecule has 7 nitrogen and oxygen atoms in total. The molecule has 3 aromatic rings. The van der Waals surface area contributed by atoms with Gasteiger partial charge in [-0.25, -0.2) is 4.39 Å². The molecule has 0 fully saturated rings. The van der Waals surface area contributed by atoms with Crippen LogP contribution in [0.25, 0.3) is 5.69 Å². The van der Waals surface area contributed by atoms with Crippen LogP contribution in [0, 0.1) is 5.82 Å². The fourth-order valence-corrected chi connectivity index (χ4v) is 3.31. The van der Waals surface area contributed by atoms with E-state index in [2.05, 4.69) is 20.8 Å². The van der Waals surface area contributed by atoms with Crippen LogP contribution in [-0.2, 0) is 11.2 Å². The molecule has 1 N–H and O–H groups in total. The standard InChI is InChI=1S/C19H20FN5O2S/c1-13(18(26)21-12-11-14-3-5-15(20)6-4-14)28-19-22-23-24-25(19)16-7-9-17(27-2)10-8-16/h3-10,13H,11-12H2,1-2H3,(H,21,26)/t13-/m0/s1. The van der Waals surface area contributed by atoms with E-state index >= 15 is 0 Å². The van der Waals surface area contributed by atoms with Gasteiger partial charge in [-0.3, -0.25) is 4.79 Å². The number of amides is 1. The first kappa shape index (κ1) is 19.8. The molecule has 0 radical (unpaired) electrons. The number of rotatable bonds is 8. The largest absolute Gasteiger partial charge is 0.497 e. The molecule has 1 aromatic heterocycles. The number of benzene rings is 2. The highest BCUT2D eigenvalue weighted by molar-refractivity contribution is 8.00. The van der Waals surface area contributed by atoms with Gasteiger partial charge >= 0.3 is 0 Å². The Morgan fingerprint density at radius 1 is 1.21 bits per heavy atom. The van der Waals surface area contributed by atoms with Gasteiger partial charge in [0.15, 0.2) is 0 Å². The molecule has 146 valence electrons. The molecular weight excluding hydrogens is 381 g/mol. The lowest BCUT2D eigenvalue weighted by Gasteiger charge is -2.12. The first-order chi connectivity index (χ1) is 13.6. The summed E-state index contributed by atoms with van der Waals surface area (Å²) in [6.07, 6.45) is 0.632. The molecule has 0 saturated heterocycles. The normalized spacial score (nSPS) is 11.8. The van der Waals surface area contributed by atoms with Gasteiger partial charge in [0.25, 0.3) is 0 Å². The lowest BCUT2D eigenvalue weighted by Crippen LogP contribution is -2.32. The molecule has 0 aliphatic rings. The summed E-state index contributed by atoms with van der Waals surface area (Å²) in [7, 11) is 1.60. The lowest BCUT2D eigenvalue weighted by molar-refractivity contribution is -0.120. The summed E-state index contributed by atoms with van der Waals surface area (Å²) in [6.45, 7) is 2.27. The second-order valence-electron chi connectivity index (χ2n) is 6.00. The Morgan fingerprint density at radius 2 is 1.93 bits per heavy atom. The summed E-state index contributed by atoms with van der Waals surface area (Å²) in [4.78, 5) is 12.4. The van der Waals surface area contributed by atoms with Gasteiger partial charge in [0.05, 0.1) is 18.0 Å². The Bertz CT molecular complexity index is 915. The number of methoxy groups -OCH3 is 1. The first-order valence-electron chi connectivity index (χ1n) is 8.68. The average molecular weight is 401 g/mol. The zero-order valence-electron chi connectivity index (χ0n) is 15.5. The molecule has 1 heterocycles. The molecule has 9 heteroatoms. The third kappa shape index (κ3) is 5.07. The SMILES string of the molecule is COc1ccc(-n2nnnc2S[C@@H](C)C(=O)NCCc2ccc(F)cc2)cc1. The van der Waals surface area contributed by atoms with Gasteiger partial charge in [0, 0.05) is 6.54 Å². The number of hydrogen-bond donors (Lipinski definition) is 1. The molecule has 28 heavy (non-hydrogen) atoms. The van der Waals surface area contributed by atoms with Gasteiger partial charge in [-0.15, -0.1) is 5.10 Å². The number of nitrogens with one attached hydrogen (secondary N) is 1. The van der Waals surface area contributed by atoms with Gasteiger partial charge in [0.1, 0.15) is 11.6 Å². The fraction of sp³-hybridized carbons (Fsp3) is 0.263. The van der Waals surface area contributed by atoms with Gasteiger partial charge in [0.2, 0.25) is 11.1 Å². The van der Waals surface area contributed by atoms with Crippen molar-refractivity contribution in [1.82, 2.24) is 25.5 Å². The van der Waals surface area contributed by atoms with Crippen LogP contribution in [0.3, 0.4) is 0 Å².